The Hall–Kier alpha value is -2.93. The Morgan fingerprint density at radius 2 is 2.13 bits per heavy atom. The number of ether oxygens (including phenoxy) is 1. The highest BCUT2D eigenvalue weighted by Gasteiger charge is 2.21. The molecule has 0 atom stereocenters. The summed E-state index contributed by atoms with van der Waals surface area (Å²) in [6, 6.07) is 8.39. The number of carbonyl (C=O) groups excluding carboxylic acids is 2. The minimum Gasteiger partial charge on any atom is -0.465 e. The van der Waals surface area contributed by atoms with Crippen LogP contribution in [0.1, 0.15) is 16.4 Å². The monoisotopic (exact) mass is 331 g/mol. The van der Waals surface area contributed by atoms with E-state index in [1.165, 1.54) is 12.3 Å². The Bertz CT molecular complexity index is 842. The van der Waals surface area contributed by atoms with Gasteiger partial charge in [-0.1, -0.05) is 17.7 Å². The summed E-state index contributed by atoms with van der Waals surface area (Å²) in [7, 11) is 0. The Balaban J connectivity index is 1.65. The van der Waals surface area contributed by atoms with Crippen LogP contribution in [0.2, 0.25) is 5.02 Å². The average Bonchev–Trinajstić information content (AvgIpc) is 3.18. The predicted octanol–water partition coefficient (Wildman–Crippen LogP) is 2.84. The summed E-state index contributed by atoms with van der Waals surface area (Å²) in [5.41, 5.74) is 0. The van der Waals surface area contributed by atoms with Gasteiger partial charge in [0.2, 0.25) is 5.78 Å². The Morgan fingerprint density at radius 1 is 1.26 bits per heavy atom. The van der Waals surface area contributed by atoms with Gasteiger partial charge in [-0.3, -0.25) is 14.7 Å². The second-order valence-electron chi connectivity index (χ2n) is 4.57. The molecule has 2 aromatic heterocycles. The first-order chi connectivity index (χ1) is 11.1. The molecular weight excluding hydrogens is 322 g/mol. The van der Waals surface area contributed by atoms with Gasteiger partial charge in [-0.25, -0.2) is 4.98 Å². The fraction of sp³-hybridized carbons (Fsp3) is 0.0667. The average molecular weight is 332 g/mol. The molecule has 0 saturated heterocycles. The third kappa shape index (κ3) is 3.64. The molecule has 0 spiro atoms. The lowest BCUT2D eigenvalue weighted by Crippen LogP contribution is -2.17. The molecule has 0 aliphatic heterocycles. The molecule has 0 amide bonds. The number of ketones is 2. The van der Waals surface area contributed by atoms with Gasteiger partial charge >= 0.3 is 0 Å². The van der Waals surface area contributed by atoms with Crippen LogP contribution in [-0.2, 0) is 11.2 Å². The van der Waals surface area contributed by atoms with Gasteiger partial charge in [0, 0.05) is 11.1 Å². The van der Waals surface area contributed by atoms with Crippen LogP contribution in [0, 0.1) is 0 Å². The fourth-order valence-electron chi connectivity index (χ4n) is 1.86. The number of aromatic nitrogens is 3. The number of rotatable bonds is 6. The number of nitrogens with zero attached hydrogens (tertiary/aromatic N) is 2. The summed E-state index contributed by atoms with van der Waals surface area (Å²) in [5, 5.41) is 6.42. The first-order valence-electron chi connectivity index (χ1n) is 6.55. The highest BCUT2D eigenvalue weighted by atomic mass is 35.5. The first-order valence-corrected chi connectivity index (χ1v) is 6.93. The zero-order valence-corrected chi connectivity index (χ0v) is 12.4. The fourth-order valence-corrected chi connectivity index (χ4v) is 2.04. The number of halogens is 1. The molecule has 3 aromatic rings. The van der Waals surface area contributed by atoms with Crippen molar-refractivity contribution in [3.63, 3.8) is 0 Å². The van der Waals surface area contributed by atoms with Crippen LogP contribution in [0.3, 0.4) is 0 Å². The molecule has 0 aliphatic rings. The lowest BCUT2D eigenvalue weighted by molar-refractivity contribution is -0.114. The lowest BCUT2D eigenvalue weighted by Gasteiger charge is -2.01. The van der Waals surface area contributed by atoms with Crippen LogP contribution in [0.15, 0.2) is 47.3 Å². The topological polar surface area (TPSA) is 98.1 Å². The van der Waals surface area contributed by atoms with Crippen molar-refractivity contribution < 1.29 is 18.7 Å². The number of carbonyl (C=O) groups is 2. The number of benzene rings is 1. The van der Waals surface area contributed by atoms with Crippen molar-refractivity contribution in [3.05, 3.63) is 59.5 Å². The second kappa shape index (κ2) is 6.45. The van der Waals surface area contributed by atoms with E-state index in [9.17, 15) is 9.59 Å². The van der Waals surface area contributed by atoms with Gasteiger partial charge in [-0.05, 0) is 18.2 Å². The summed E-state index contributed by atoms with van der Waals surface area (Å²) in [6.45, 7) is 0. The van der Waals surface area contributed by atoms with Gasteiger partial charge in [0.15, 0.2) is 11.6 Å². The maximum Gasteiger partial charge on any atom is 0.265 e. The molecule has 116 valence electrons. The largest absolute Gasteiger partial charge is 0.465 e. The third-order valence-electron chi connectivity index (χ3n) is 2.88. The molecule has 3 rings (SSSR count). The van der Waals surface area contributed by atoms with Crippen molar-refractivity contribution >= 4 is 23.2 Å². The summed E-state index contributed by atoms with van der Waals surface area (Å²) in [6.07, 6.45) is 2.31. The number of H-pyrrole nitrogens is 1. The maximum atomic E-state index is 11.9. The molecule has 7 nitrogen and oxygen atoms in total. The Kier molecular flexibility index (Phi) is 4.20. The number of aromatic amines is 1. The van der Waals surface area contributed by atoms with Crippen LogP contribution in [0.4, 0.5) is 0 Å². The summed E-state index contributed by atoms with van der Waals surface area (Å²) in [5.74, 6) is -0.269. The van der Waals surface area contributed by atoms with Crippen molar-refractivity contribution in [1.29, 1.82) is 0 Å². The highest BCUT2D eigenvalue weighted by Crippen LogP contribution is 2.26. The van der Waals surface area contributed by atoms with E-state index in [0.717, 1.165) is 6.33 Å². The van der Waals surface area contributed by atoms with E-state index >= 15 is 0 Å². The quantitative estimate of drug-likeness (QED) is 0.551. The molecular formula is C15H10ClN3O4. The predicted molar refractivity (Wildman–Crippen MR) is 79.7 cm³/mol. The molecule has 0 fully saturated rings. The number of nitrogens with one attached hydrogen (secondary N) is 1. The molecule has 8 heteroatoms. The molecule has 2 heterocycles. The van der Waals surface area contributed by atoms with Crippen LogP contribution in [0.5, 0.6) is 11.5 Å². The molecule has 0 aliphatic carbocycles. The second-order valence-corrected chi connectivity index (χ2v) is 5.01. The van der Waals surface area contributed by atoms with Crippen molar-refractivity contribution in [2.75, 3.05) is 0 Å². The molecule has 23 heavy (non-hydrogen) atoms. The van der Waals surface area contributed by atoms with Crippen molar-refractivity contribution in [3.8, 4) is 11.5 Å². The number of hydrogen-bond donors (Lipinski definition) is 1. The van der Waals surface area contributed by atoms with E-state index < -0.39 is 11.6 Å². The van der Waals surface area contributed by atoms with Crippen LogP contribution in [0.25, 0.3) is 0 Å². The Labute approximate surface area is 135 Å². The van der Waals surface area contributed by atoms with Gasteiger partial charge < -0.3 is 9.15 Å². The number of Topliss-reactive ketones (excluding diaryl/α,β-unsaturated/α-hetero) is 2. The Morgan fingerprint density at radius 3 is 2.87 bits per heavy atom. The third-order valence-corrected chi connectivity index (χ3v) is 3.11. The summed E-state index contributed by atoms with van der Waals surface area (Å²) < 4.78 is 10.8. The highest BCUT2D eigenvalue weighted by molar-refractivity contribution is 6.42. The smallest absolute Gasteiger partial charge is 0.265 e. The van der Waals surface area contributed by atoms with Crippen LogP contribution >= 0.6 is 11.6 Å². The minimum absolute atomic E-state index is 0.100. The number of furan rings is 1. The van der Waals surface area contributed by atoms with Crippen molar-refractivity contribution in [2.24, 2.45) is 0 Å². The molecule has 1 aromatic carbocycles. The SMILES string of the molecule is O=C(Cc1cc(Oc2cccc(Cl)c2)co1)C(=O)c1ncn[nH]1. The minimum atomic E-state index is -0.754. The molecule has 0 unspecified atom stereocenters. The van der Waals surface area contributed by atoms with Gasteiger partial charge in [-0.2, -0.15) is 5.10 Å². The zero-order chi connectivity index (χ0) is 16.2. The van der Waals surface area contributed by atoms with Crippen molar-refractivity contribution in [2.45, 2.75) is 6.42 Å². The molecule has 0 bridgehead atoms. The van der Waals surface area contributed by atoms with Gasteiger partial charge in [0.25, 0.3) is 5.78 Å². The maximum absolute atomic E-state index is 11.9. The normalized spacial score (nSPS) is 10.5. The summed E-state index contributed by atoms with van der Waals surface area (Å²) >= 11 is 5.87. The molecule has 1 N–H and O–H groups in total. The van der Waals surface area contributed by atoms with E-state index in [1.54, 1.807) is 24.3 Å². The molecule has 0 radical (unpaired) electrons. The van der Waals surface area contributed by atoms with E-state index in [2.05, 4.69) is 15.2 Å². The van der Waals surface area contributed by atoms with E-state index in [4.69, 9.17) is 20.8 Å². The molecule has 0 saturated carbocycles. The van der Waals surface area contributed by atoms with Crippen LogP contribution in [-0.4, -0.2) is 26.7 Å². The summed E-state index contributed by atoms with van der Waals surface area (Å²) in [4.78, 5) is 27.3. The van der Waals surface area contributed by atoms with E-state index in [1.807, 2.05) is 0 Å². The number of hydrogen-bond acceptors (Lipinski definition) is 6. The van der Waals surface area contributed by atoms with Crippen molar-refractivity contribution in [1.82, 2.24) is 15.2 Å². The van der Waals surface area contributed by atoms with Gasteiger partial charge in [0.1, 0.15) is 24.1 Å². The first kappa shape index (κ1) is 15.0. The zero-order valence-electron chi connectivity index (χ0n) is 11.7. The lowest BCUT2D eigenvalue weighted by atomic mass is 10.1. The van der Waals surface area contributed by atoms with Gasteiger partial charge in [0.05, 0.1) is 6.42 Å². The van der Waals surface area contributed by atoms with E-state index in [-0.39, 0.29) is 12.2 Å². The van der Waals surface area contributed by atoms with Gasteiger partial charge in [-0.15, -0.1) is 0 Å². The van der Waals surface area contributed by atoms with E-state index in [0.29, 0.717) is 22.3 Å². The van der Waals surface area contributed by atoms with Crippen LogP contribution < -0.4 is 4.74 Å². The standard InChI is InChI=1S/C15H10ClN3O4/c16-9-2-1-3-10(4-9)23-12-5-11(22-7-12)6-13(20)14(21)15-17-8-18-19-15/h1-5,7-8H,6H2,(H,17,18,19).